The molecule has 1 aromatic carbocycles. The summed E-state index contributed by atoms with van der Waals surface area (Å²) < 4.78 is 5.89. The molecule has 0 fully saturated rings. The fourth-order valence-electron chi connectivity index (χ4n) is 1.82. The van der Waals surface area contributed by atoms with Crippen molar-refractivity contribution in [1.29, 1.82) is 0 Å². The van der Waals surface area contributed by atoms with Gasteiger partial charge in [-0.15, -0.1) is 0 Å². The average molecular weight is 257 g/mol. The maximum atomic E-state index is 5.89. The molecule has 2 aromatic rings. The Morgan fingerprint density at radius 2 is 1.89 bits per heavy atom. The van der Waals surface area contributed by atoms with Crippen LogP contribution in [0.2, 0.25) is 0 Å². The lowest BCUT2D eigenvalue weighted by Crippen LogP contribution is -2.01. The van der Waals surface area contributed by atoms with E-state index in [9.17, 15) is 0 Å². The Morgan fingerprint density at radius 3 is 2.58 bits per heavy atom. The number of aromatic nitrogens is 2. The molecule has 1 aromatic heterocycles. The Balaban J connectivity index is 2.32. The standard InChI is InChI=1S/C15H19N3O/c1-4-11-8-6-7-9-12(11)19-15-10-14(16-3)17-13(5-2)18-15/h6-10H,4-5H2,1-3H3,(H,16,17,18). The van der Waals surface area contributed by atoms with Crippen LogP contribution in [0.4, 0.5) is 5.82 Å². The van der Waals surface area contributed by atoms with E-state index < -0.39 is 0 Å². The van der Waals surface area contributed by atoms with Crippen LogP contribution in [-0.4, -0.2) is 17.0 Å². The van der Waals surface area contributed by atoms with Gasteiger partial charge in [0, 0.05) is 19.5 Å². The van der Waals surface area contributed by atoms with Crippen molar-refractivity contribution in [1.82, 2.24) is 9.97 Å². The zero-order valence-electron chi connectivity index (χ0n) is 11.6. The van der Waals surface area contributed by atoms with Crippen LogP contribution in [0, 0.1) is 0 Å². The van der Waals surface area contributed by atoms with Gasteiger partial charge in [0.05, 0.1) is 0 Å². The SMILES string of the molecule is CCc1nc(NC)cc(Oc2ccccc2CC)n1. The van der Waals surface area contributed by atoms with Crippen LogP contribution in [0.3, 0.4) is 0 Å². The topological polar surface area (TPSA) is 47.0 Å². The summed E-state index contributed by atoms with van der Waals surface area (Å²) in [6.07, 6.45) is 1.71. The summed E-state index contributed by atoms with van der Waals surface area (Å²) in [5, 5.41) is 3.03. The minimum atomic E-state index is 0.581. The van der Waals surface area contributed by atoms with Gasteiger partial charge in [-0.3, -0.25) is 0 Å². The third kappa shape index (κ3) is 3.22. The molecule has 0 aliphatic carbocycles. The molecule has 0 aliphatic rings. The third-order valence-electron chi connectivity index (χ3n) is 2.89. The molecule has 0 radical (unpaired) electrons. The number of para-hydroxylation sites is 1. The van der Waals surface area contributed by atoms with Gasteiger partial charge in [-0.05, 0) is 18.1 Å². The van der Waals surface area contributed by atoms with E-state index in [4.69, 9.17) is 4.74 Å². The highest BCUT2D eigenvalue weighted by Crippen LogP contribution is 2.25. The van der Waals surface area contributed by atoms with Gasteiger partial charge in [0.2, 0.25) is 5.88 Å². The molecule has 100 valence electrons. The first-order valence-electron chi connectivity index (χ1n) is 6.58. The molecule has 0 saturated carbocycles. The molecule has 0 unspecified atom stereocenters. The molecule has 1 N–H and O–H groups in total. The molecule has 4 nitrogen and oxygen atoms in total. The van der Waals surface area contributed by atoms with Gasteiger partial charge in [-0.25, -0.2) is 4.98 Å². The number of nitrogens with one attached hydrogen (secondary N) is 1. The van der Waals surface area contributed by atoms with Crippen molar-refractivity contribution < 1.29 is 4.74 Å². The number of rotatable bonds is 5. The molecule has 19 heavy (non-hydrogen) atoms. The van der Waals surface area contributed by atoms with Crippen LogP contribution in [0.25, 0.3) is 0 Å². The zero-order chi connectivity index (χ0) is 13.7. The number of benzene rings is 1. The number of ether oxygens (including phenoxy) is 1. The summed E-state index contributed by atoms with van der Waals surface area (Å²) in [5.74, 6) is 2.98. The summed E-state index contributed by atoms with van der Waals surface area (Å²) in [7, 11) is 1.84. The molecule has 0 aliphatic heterocycles. The van der Waals surface area contributed by atoms with Crippen LogP contribution < -0.4 is 10.1 Å². The molecular weight excluding hydrogens is 238 g/mol. The van der Waals surface area contributed by atoms with Gasteiger partial charge in [0.15, 0.2) is 0 Å². The predicted molar refractivity (Wildman–Crippen MR) is 76.9 cm³/mol. The number of hydrogen-bond donors (Lipinski definition) is 1. The maximum absolute atomic E-state index is 5.89. The van der Waals surface area contributed by atoms with E-state index in [-0.39, 0.29) is 0 Å². The first-order valence-corrected chi connectivity index (χ1v) is 6.58. The summed E-state index contributed by atoms with van der Waals surface area (Å²) in [4.78, 5) is 8.75. The van der Waals surface area contributed by atoms with Gasteiger partial charge in [-0.1, -0.05) is 32.0 Å². The Bertz CT molecular complexity index is 533. The molecule has 2 rings (SSSR count). The van der Waals surface area contributed by atoms with Crippen LogP contribution in [0.15, 0.2) is 30.3 Å². The van der Waals surface area contributed by atoms with Gasteiger partial charge in [0.25, 0.3) is 0 Å². The van der Waals surface area contributed by atoms with Crippen LogP contribution in [0.5, 0.6) is 11.6 Å². The maximum Gasteiger partial charge on any atom is 0.224 e. The Labute approximate surface area is 113 Å². The molecule has 4 heteroatoms. The van der Waals surface area contributed by atoms with Crippen molar-refractivity contribution >= 4 is 5.82 Å². The van der Waals surface area contributed by atoms with E-state index in [2.05, 4.69) is 28.3 Å². The second kappa shape index (κ2) is 6.18. The second-order valence-electron chi connectivity index (χ2n) is 4.17. The first kappa shape index (κ1) is 13.3. The fraction of sp³-hybridized carbons (Fsp3) is 0.333. The Hall–Kier alpha value is -2.10. The highest BCUT2D eigenvalue weighted by Gasteiger charge is 2.07. The lowest BCUT2D eigenvalue weighted by atomic mass is 10.1. The molecule has 1 heterocycles. The molecular formula is C15H19N3O. The third-order valence-corrected chi connectivity index (χ3v) is 2.89. The molecule has 0 amide bonds. The number of nitrogens with zero attached hydrogens (tertiary/aromatic N) is 2. The lowest BCUT2D eigenvalue weighted by molar-refractivity contribution is 0.454. The Morgan fingerprint density at radius 1 is 1.11 bits per heavy atom. The first-order chi connectivity index (χ1) is 9.26. The van der Waals surface area contributed by atoms with E-state index in [0.29, 0.717) is 5.88 Å². The van der Waals surface area contributed by atoms with Crippen molar-refractivity contribution in [3.8, 4) is 11.6 Å². The predicted octanol–water partition coefficient (Wildman–Crippen LogP) is 3.44. The zero-order valence-corrected chi connectivity index (χ0v) is 11.6. The van der Waals surface area contributed by atoms with E-state index in [1.54, 1.807) is 0 Å². The average Bonchev–Trinajstić information content (AvgIpc) is 2.47. The smallest absolute Gasteiger partial charge is 0.224 e. The van der Waals surface area contributed by atoms with Crippen LogP contribution in [0.1, 0.15) is 25.2 Å². The quantitative estimate of drug-likeness (QED) is 0.891. The van der Waals surface area contributed by atoms with Gasteiger partial charge in [-0.2, -0.15) is 4.98 Å². The van der Waals surface area contributed by atoms with Crippen molar-refractivity contribution in [2.24, 2.45) is 0 Å². The van der Waals surface area contributed by atoms with E-state index in [1.165, 1.54) is 5.56 Å². The molecule has 0 bridgehead atoms. The van der Waals surface area contributed by atoms with Crippen molar-refractivity contribution in [3.63, 3.8) is 0 Å². The fourth-order valence-corrected chi connectivity index (χ4v) is 1.82. The summed E-state index contributed by atoms with van der Waals surface area (Å²) in [6.45, 7) is 4.14. The normalized spacial score (nSPS) is 10.3. The summed E-state index contributed by atoms with van der Waals surface area (Å²) in [6, 6.07) is 9.82. The van der Waals surface area contributed by atoms with E-state index >= 15 is 0 Å². The summed E-state index contributed by atoms with van der Waals surface area (Å²) in [5.41, 5.74) is 1.17. The second-order valence-corrected chi connectivity index (χ2v) is 4.17. The van der Waals surface area contributed by atoms with Crippen LogP contribution >= 0.6 is 0 Å². The van der Waals surface area contributed by atoms with Crippen LogP contribution in [-0.2, 0) is 12.8 Å². The number of aryl methyl sites for hydroxylation is 2. The molecule has 0 spiro atoms. The van der Waals surface area contributed by atoms with Gasteiger partial charge >= 0.3 is 0 Å². The minimum absolute atomic E-state index is 0.581. The van der Waals surface area contributed by atoms with Gasteiger partial charge in [0.1, 0.15) is 17.4 Å². The van der Waals surface area contributed by atoms with E-state index in [0.717, 1.165) is 30.2 Å². The van der Waals surface area contributed by atoms with E-state index in [1.807, 2.05) is 38.2 Å². The largest absolute Gasteiger partial charge is 0.439 e. The highest BCUT2D eigenvalue weighted by atomic mass is 16.5. The van der Waals surface area contributed by atoms with Crippen molar-refractivity contribution in [3.05, 3.63) is 41.7 Å². The molecule has 0 saturated heterocycles. The van der Waals surface area contributed by atoms with Crippen molar-refractivity contribution in [2.45, 2.75) is 26.7 Å². The number of hydrogen-bond acceptors (Lipinski definition) is 4. The van der Waals surface area contributed by atoms with Crippen molar-refractivity contribution in [2.75, 3.05) is 12.4 Å². The highest BCUT2D eigenvalue weighted by molar-refractivity contribution is 5.41. The monoisotopic (exact) mass is 257 g/mol. The molecule has 0 atom stereocenters. The number of anilines is 1. The Kier molecular flexibility index (Phi) is 4.34. The lowest BCUT2D eigenvalue weighted by Gasteiger charge is -2.11. The van der Waals surface area contributed by atoms with Gasteiger partial charge < -0.3 is 10.1 Å². The minimum Gasteiger partial charge on any atom is -0.439 e. The summed E-state index contributed by atoms with van der Waals surface area (Å²) >= 11 is 0.